The molecule has 0 amide bonds. The maximum Gasteiger partial charge on any atom is 0.391 e. The third-order valence-electron chi connectivity index (χ3n) is 4.59. The molecule has 1 saturated heterocycles. The monoisotopic (exact) mass is 275 g/mol. The second kappa shape index (κ2) is 5.29. The summed E-state index contributed by atoms with van der Waals surface area (Å²) in [6.45, 7) is 3.32. The van der Waals surface area contributed by atoms with Crippen LogP contribution in [0.5, 0.6) is 0 Å². The van der Waals surface area contributed by atoms with Crippen LogP contribution in [0.1, 0.15) is 25.7 Å². The van der Waals surface area contributed by atoms with E-state index in [0.717, 1.165) is 26.2 Å². The van der Waals surface area contributed by atoms with Gasteiger partial charge in [0.05, 0.1) is 12.0 Å². The van der Waals surface area contributed by atoms with Crippen molar-refractivity contribution in [3.63, 3.8) is 0 Å². The van der Waals surface area contributed by atoms with Gasteiger partial charge in [-0.1, -0.05) is 0 Å². The minimum absolute atomic E-state index is 0.0867. The molecule has 0 spiro atoms. The van der Waals surface area contributed by atoms with Gasteiger partial charge in [0.25, 0.3) is 0 Å². The fourth-order valence-corrected chi connectivity index (χ4v) is 3.16. The Balaban J connectivity index is 2.00. The number of alkyl halides is 3. The first-order valence-corrected chi connectivity index (χ1v) is 6.79. The van der Waals surface area contributed by atoms with E-state index in [1.807, 2.05) is 7.05 Å². The van der Waals surface area contributed by atoms with Crippen LogP contribution in [0, 0.1) is 17.2 Å². The molecule has 1 aliphatic heterocycles. The highest BCUT2D eigenvalue weighted by atomic mass is 19.4. The zero-order valence-electron chi connectivity index (χ0n) is 11.2. The lowest BCUT2D eigenvalue weighted by molar-refractivity contribution is -0.187. The molecular weight excluding hydrogens is 255 g/mol. The standard InChI is InChI=1S/C13H20F3N3/c1-18-6-8-19(9-7-18)12(10-17)4-2-11(3-5-12)13(14,15)16/h11H,2-9H2,1H3. The Hall–Kier alpha value is -0.800. The maximum atomic E-state index is 12.7. The first kappa shape index (κ1) is 14.6. The van der Waals surface area contributed by atoms with E-state index in [2.05, 4.69) is 15.9 Å². The van der Waals surface area contributed by atoms with Gasteiger partial charge >= 0.3 is 6.18 Å². The van der Waals surface area contributed by atoms with Crippen molar-refractivity contribution < 1.29 is 13.2 Å². The zero-order chi connectivity index (χ0) is 14.1. The summed E-state index contributed by atoms with van der Waals surface area (Å²) < 4.78 is 38.1. The van der Waals surface area contributed by atoms with Gasteiger partial charge in [-0.05, 0) is 32.7 Å². The van der Waals surface area contributed by atoms with Crippen molar-refractivity contribution in [3.05, 3.63) is 0 Å². The van der Waals surface area contributed by atoms with Gasteiger partial charge in [-0.3, -0.25) is 4.90 Å². The van der Waals surface area contributed by atoms with E-state index in [-0.39, 0.29) is 12.8 Å². The van der Waals surface area contributed by atoms with Gasteiger partial charge < -0.3 is 4.90 Å². The summed E-state index contributed by atoms with van der Waals surface area (Å²) in [6.07, 6.45) is -3.24. The predicted octanol–water partition coefficient (Wildman–Crippen LogP) is 2.25. The number of piperazine rings is 1. The molecular formula is C13H20F3N3. The second-order valence-corrected chi connectivity index (χ2v) is 5.75. The van der Waals surface area contributed by atoms with Gasteiger partial charge in [0.1, 0.15) is 5.54 Å². The summed E-state index contributed by atoms with van der Waals surface area (Å²) in [7, 11) is 2.02. The first-order valence-electron chi connectivity index (χ1n) is 6.79. The van der Waals surface area contributed by atoms with Crippen LogP contribution in [0.2, 0.25) is 0 Å². The van der Waals surface area contributed by atoms with E-state index in [1.54, 1.807) is 0 Å². The Kier molecular flexibility index (Phi) is 4.07. The van der Waals surface area contributed by atoms with Gasteiger partial charge in [-0.25, -0.2) is 0 Å². The molecule has 108 valence electrons. The number of nitrogens with zero attached hydrogens (tertiary/aromatic N) is 3. The lowest BCUT2D eigenvalue weighted by Crippen LogP contribution is -2.57. The molecule has 2 aliphatic rings. The van der Waals surface area contributed by atoms with Crippen molar-refractivity contribution >= 4 is 0 Å². The fourth-order valence-electron chi connectivity index (χ4n) is 3.16. The molecule has 0 atom stereocenters. The van der Waals surface area contributed by atoms with Crippen LogP contribution in [-0.4, -0.2) is 54.7 Å². The van der Waals surface area contributed by atoms with Crippen LogP contribution in [0.4, 0.5) is 13.2 Å². The summed E-state index contributed by atoms with van der Waals surface area (Å²) in [6, 6.07) is 2.31. The van der Waals surface area contributed by atoms with Crippen LogP contribution in [0.3, 0.4) is 0 Å². The van der Waals surface area contributed by atoms with Gasteiger partial charge in [0.2, 0.25) is 0 Å². The molecule has 0 bridgehead atoms. The Morgan fingerprint density at radius 2 is 1.63 bits per heavy atom. The molecule has 2 fully saturated rings. The summed E-state index contributed by atoms with van der Waals surface area (Å²) in [5.41, 5.74) is -0.664. The maximum absolute atomic E-state index is 12.7. The highest BCUT2D eigenvalue weighted by Gasteiger charge is 2.48. The minimum atomic E-state index is -4.11. The van der Waals surface area contributed by atoms with Crippen LogP contribution < -0.4 is 0 Å². The Morgan fingerprint density at radius 1 is 1.11 bits per heavy atom. The van der Waals surface area contributed by atoms with Crippen LogP contribution in [-0.2, 0) is 0 Å². The van der Waals surface area contributed by atoms with E-state index in [1.165, 1.54) is 0 Å². The molecule has 6 heteroatoms. The van der Waals surface area contributed by atoms with Crippen molar-refractivity contribution in [3.8, 4) is 6.07 Å². The molecule has 1 aliphatic carbocycles. The highest BCUT2D eigenvalue weighted by molar-refractivity contribution is 5.11. The van der Waals surface area contributed by atoms with E-state index < -0.39 is 17.6 Å². The van der Waals surface area contributed by atoms with Crippen molar-refractivity contribution in [1.82, 2.24) is 9.80 Å². The van der Waals surface area contributed by atoms with E-state index >= 15 is 0 Å². The molecule has 0 N–H and O–H groups in total. The Morgan fingerprint density at radius 3 is 2.05 bits per heavy atom. The van der Waals surface area contributed by atoms with Crippen LogP contribution in [0.25, 0.3) is 0 Å². The predicted molar refractivity (Wildman–Crippen MR) is 65.4 cm³/mol. The van der Waals surface area contributed by atoms with Crippen molar-refractivity contribution in [2.75, 3.05) is 33.2 Å². The van der Waals surface area contributed by atoms with Crippen molar-refractivity contribution in [1.29, 1.82) is 5.26 Å². The first-order chi connectivity index (χ1) is 8.87. The van der Waals surface area contributed by atoms with Crippen LogP contribution in [0.15, 0.2) is 0 Å². The number of nitriles is 1. The number of hydrogen-bond acceptors (Lipinski definition) is 3. The normalized spacial score (nSPS) is 35.0. The quantitative estimate of drug-likeness (QED) is 0.735. The fraction of sp³-hybridized carbons (Fsp3) is 0.923. The van der Waals surface area contributed by atoms with E-state index in [9.17, 15) is 18.4 Å². The summed E-state index contributed by atoms with van der Waals surface area (Å²) in [5, 5.41) is 9.46. The lowest BCUT2D eigenvalue weighted by Gasteiger charge is -2.46. The number of hydrogen-bond donors (Lipinski definition) is 0. The van der Waals surface area contributed by atoms with Crippen LogP contribution >= 0.6 is 0 Å². The molecule has 0 unspecified atom stereocenters. The largest absolute Gasteiger partial charge is 0.391 e. The highest BCUT2D eigenvalue weighted by Crippen LogP contribution is 2.43. The zero-order valence-corrected chi connectivity index (χ0v) is 11.2. The third-order valence-corrected chi connectivity index (χ3v) is 4.59. The SMILES string of the molecule is CN1CCN(C2(C#N)CCC(C(F)(F)F)CC2)CC1. The average molecular weight is 275 g/mol. The molecule has 19 heavy (non-hydrogen) atoms. The lowest BCUT2D eigenvalue weighted by atomic mass is 9.75. The van der Waals surface area contributed by atoms with Gasteiger partial charge in [0.15, 0.2) is 0 Å². The molecule has 1 saturated carbocycles. The Labute approximate surface area is 112 Å². The molecule has 0 aromatic carbocycles. The Bertz CT molecular complexity index is 345. The third kappa shape index (κ3) is 3.03. The summed E-state index contributed by atoms with van der Waals surface area (Å²) >= 11 is 0. The molecule has 0 aromatic heterocycles. The minimum Gasteiger partial charge on any atom is -0.304 e. The van der Waals surface area contributed by atoms with Gasteiger partial charge in [0, 0.05) is 26.2 Å². The van der Waals surface area contributed by atoms with Gasteiger partial charge in [-0.2, -0.15) is 18.4 Å². The number of halogens is 3. The number of likely N-dealkylation sites (N-methyl/N-ethyl adjacent to an activating group) is 1. The molecule has 2 rings (SSSR count). The van der Waals surface area contributed by atoms with Crippen molar-refractivity contribution in [2.24, 2.45) is 5.92 Å². The van der Waals surface area contributed by atoms with E-state index in [0.29, 0.717) is 12.8 Å². The summed E-state index contributed by atoms with van der Waals surface area (Å²) in [5.74, 6) is -1.22. The number of rotatable bonds is 1. The molecule has 1 heterocycles. The summed E-state index contributed by atoms with van der Waals surface area (Å²) in [4.78, 5) is 4.28. The topological polar surface area (TPSA) is 30.3 Å². The molecule has 0 radical (unpaired) electrons. The van der Waals surface area contributed by atoms with Crippen molar-refractivity contribution in [2.45, 2.75) is 37.4 Å². The smallest absolute Gasteiger partial charge is 0.304 e. The van der Waals surface area contributed by atoms with Gasteiger partial charge in [-0.15, -0.1) is 0 Å². The van der Waals surface area contributed by atoms with E-state index in [4.69, 9.17) is 0 Å². The molecule has 0 aromatic rings. The second-order valence-electron chi connectivity index (χ2n) is 5.75. The average Bonchev–Trinajstić information content (AvgIpc) is 2.38. The molecule has 3 nitrogen and oxygen atoms in total.